The summed E-state index contributed by atoms with van der Waals surface area (Å²) in [7, 11) is 0. The van der Waals surface area contributed by atoms with E-state index < -0.39 is 18.2 Å². The van der Waals surface area contributed by atoms with Crippen molar-refractivity contribution in [2.45, 2.75) is 20.1 Å². The fraction of sp³-hybridized carbons (Fsp3) is 0.150. The second-order valence-corrected chi connectivity index (χ2v) is 5.80. The molecule has 4 nitrogen and oxygen atoms in total. The van der Waals surface area contributed by atoms with Crippen LogP contribution < -0.4 is 4.74 Å². The first-order valence-electron chi connectivity index (χ1n) is 7.99. The summed E-state index contributed by atoms with van der Waals surface area (Å²) >= 11 is 0. The summed E-state index contributed by atoms with van der Waals surface area (Å²) in [5, 5.41) is 9.61. The van der Waals surface area contributed by atoms with E-state index in [0.29, 0.717) is 5.56 Å². The number of hydrogen-bond donors (Lipinski definition) is 1. The maximum absolute atomic E-state index is 13.5. The minimum atomic E-state index is -1.04. The molecule has 0 unspecified atom stereocenters. The first-order chi connectivity index (χ1) is 12.5. The normalized spacial score (nSPS) is 10.8. The summed E-state index contributed by atoms with van der Waals surface area (Å²) in [5.41, 5.74) is 1.63. The van der Waals surface area contributed by atoms with Gasteiger partial charge >= 0.3 is 0 Å². The van der Waals surface area contributed by atoms with Crippen LogP contribution in [0.3, 0.4) is 0 Å². The van der Waals surface area contributed by atoms with Gasteiger partial charge in [-0.25, -0.2) is 8.78 Å². The molecular formula is C20H17F2NO3. The molecule has 1 aromatic heterocycles. The largest absolute Gasteiger partial charge is 0.488 e. The molecule has 0 fully saturated rings. The molecule has 0 aliphatic heterocycles. The van der Waals surface area contributed by atoms with Crippen molar-refractivity contribution in [2.75, 3.05) is 0 Å². The van der Waals surface area contributed by atoms with Crippen molar-refractivity contribution in [3.8, 4) is 11.4 Å². The zero-order chi connectivity index (χ0) is 18.7. The second-order valence-electron chi connectivity index (χ2n) is 5.80. The predicted octanol–water partition coefficient (Wildman–Crippen LogP) is 4.03. The lowest BCUT2D eigenvalue weighted by atomic mass is 10.0. The predicted molar refractivity (Wildman–Crippen MR) is 92.4 cm³/mol. The van der Waals surface area contributed by atoms with E-state index in [1.165, 1.54) is 6.92 Å². The number of ketones is 1. The number of aliphatic hydroxyl groups excluding tert-OH is 1. The molecule has 0 saturated heterocycles. The van der Waals surface area contributed by atoms with Gasteiger partial charge in [0.2, 0.25) is 0 Å². The number of aromatic nitrogens is 1. The van der Waals surface area contributed by atoms with Gasteiger partial charge in [0, 0.05) is 18.0 Å². The molecule has 1 heterocycles. The van der Waals surface area contributed by atoms with Crippen molar-refractivity contribution < 1.29 is 23.4 Å². The zero-order valence-corrected chi connectivity index (χ0v) is 14.1. The highest BCUT2D eigenvalue weighted by atomic mass is 19.2. The Morgan fingerprint density at radius 3 is 2.31 bits per heavy atom. The van der Waals surface area contributed by atoms with Crippen molar-refractivity contribution in [1.29, 1.82) is 0 Å². The van der Waals surface area contributed by atoms with Gasteiger partial charge in [-0.1, -0.05) is 36.4 Å². The Morgan fingerprint density at radius 2 is 1.73 bits per heavy atom. The average molecular weight is 357 g/mol. The van der Waals surface area contributed by atoms with Crippen molar-refractivity contribution in [2.24, 2.45) is 0 Å². The summed E-state index contributed by atoms with van der Waals surface area (Å²) in [4.78, 5) is 12.3. The lowest BCUT2D eigenvalue weighted by Crippen LogP contribution is -2.10. The number of aliphatic hydroxyl groups is 1. The van der Waals surface area contributed by atoms with Crippen LogP contribution in [0, 0.1) is 11.6 Å². The Hall–Kier alpha value is -2.99. The van der Waals surface area contributed by atoms with Crippen LogP contribution in [0.4, 0.5) is 8.78 Å². The van der Waals surface area contributed by atoms with E-state index in [1.807, 2.05) is 30.3 Å². The summed E-state index contributed by atoms with van der Waals surface area (Å²) in [6, 6.07) is 12.5. The summed E-state index contributed by atoms with van der Waals surface area (Å²) in [6.07, 6.45) is 1.86. The Bertz CT molecular complexity index is 916. The molecule has 3 rings (SSSR count). The number of rotatable bonds is 6. The van der Waals surface area contributed by atoms with E-state index in [-0.39, 0.29) is 29.4 Å². The second kappa shape index (κ2) is 7.49. The van der Waals surface area contributed by atoms with Gasteiger partial charge in [-0.2, -0.15) is 0 Å². The molecule has 0 saturated carbocycles. The van der Waals surface area contributed by atoms with E-state index in [1.54, 1.807) is 12.1 Å². The van der Waals surface area contributed by atoms with Gasteiger partial charge in [0.1, 0.15) is 12.4 Å². The minimum Gasteiger partial charge on any atom is -0.488 e. The first-order valence-corrected chi connectivity index (χ1v) is 7.99. The van der Waals surface area contributed by atoms with Gasteiger partial charge in [-0.3, -0.25) is 4.79 Å². The number of carbonyl (C=O) groups is 1. The van der Waals surface area contributed by atoms with Gasteiger partial charge in [0.25, 0.3) is 0 Å². The number of ether oxygens (including phenoxy) is 1. The quantitative estimate of drug-likeness (QED) is 0.678. The Morgan fingerprint density at radius 1 is 1.08 bits per heavy atom. The highest BCUT2D eigenvalue weighted by Gasteiger charge is 2.21. The lowest BCUT2D eigenvalue weighted by molar-refractivity contribution is 0.101. The van der Waals surface area contributed by atoms with Crippen molar-refractivity contribution in [3.05, 3.63) is 83.2 Å². The fourth-order valence-corrected chi connectivity index (χ4v) is 2.77. The molecule has 0 radical (unpaired) electrons. The van der Waals surface area contributed by atoms with E-state index in [9.17, 15) is 18.7 Å². The number of carbonyl (C=O) groups excluding carboxylic acids is 1. The Kier molecular flexibility index (Phi) is 5.14. The maximum Gasteiger partial charge on any atom is 0.176 e. The highest BCUT2D eigenvalue weighted by molar-refractivity contribution is 6.01. The standard InChI is InChI=1S/C20H17F2NO3/c1-13(25)19-18(26-12-14-5-3-2-4-6-14)8-7-15(11-24)20(19)23-9-16(21)17(22)10-23/h2-10,24H,11-12H2,1H3. The van der Waals surface area contributed by atoms with Crippen LogP contribution in [-0.2, 0) is 13.2 Å². The molecule has 0 aliphatic carbocycles. The summed E-state index contributed by atoms with van der Waals surface area (Å²) in [6.45, 7) is 1.18. The van der Waals surface area contributed by atoms with Crippen LogP contribution in [-0.4, -0.2) is 15.5 Å². The molecule has 2 aromatic carbocycles. The number of hydrogen-bond acceptors (Lipinski definition) is 3. The number of benzene rings is 2. The van der Waals surface area contributed by atoms with Crippen LogP contribution in [0.1, 0.15) is 28.4 Å². The Labute approximate surface area is 149 Å². The summed E-state index contributed by atoms with van der Waals surface area (Å²) < 4.78 is 33.9. The first kappa shape index (κ1) is 17.8. The van der Waals surface area contributed by atoms with Crippen LogP contribution >= 0.6 is 0 Å². The number of Topliss-reactive ketones (excluding diaryl/α,β-unsaturated/α-hetero) is 1. The van der Waals surface area contributed by atoms with E-state index in [2.05, 4.69) is 0 Å². The molecule has 0 amide bonds. The SMILES string of the molecule is CC(=O)c1c(OCc2ccccc2)ccc(CO)c1-n1cc(F)c(F)c1. The molecule has 6 heteroatoms. The lowest BCUT2D eigenvalue weighted by Gasteiger charge is -2.17. The molecule has 26 heavy (non-hydrogen) atoms. The average Bonchev–Trinajstić information content (AvgIpc) is 2.98. The van der Waals surface area contributed by atoms with Gasteiger partial charge in [0.15, 0.2) is 17.4 Å². The molecule has 134 valence electrons. The molecule has 0 bridgehead atoms. The fourth-order valence-electron chi connectivity index (χ4n) is 2.77. The van der Waals surface area contributed by atoms with Crippen molar-refractivity contribution >= 4 is 5.78 Å². The van der Waals surface area contributed by atoms with Gasteiger partial charge in [-0.05, 0) is 18.6 Å². The topological polar surface area (TPSA) is 51.5 Å². The molecule has 1 N–H and O–H groups in total. The number of halogens is 2. The van der Waals surface area contributed by atoms with Gasteiger partial charge < -0.3 is 14.4 Å². The maximum atomic E-state index is 13.5. The Balaban J connectivity index is 2.08. The van der Waals surface area contributed by atoms with Crippen LogP contribution in [0.2, 0.25) is 0 Å². The smallest absolute Gasteiger partial charge is 0.176 e. The number of nitrogens with zero attached hydrogens (tertiary/aromatic N) is 1. The third-order valence-corrected chi connectivity index (χ3v) is 3.97. The van der Waals surface area contributed by atoms with Crippen LogP contribution in [0.15, 0.2) is 54.9 Å². The third kappa shape index (κ3) is 3.50. The highest BCUT2D eigenvalue weighted by Crippen LogP contribution is 2.31. The van der Waals surface area contributed by atoms with Gasteiger partial charge in [-0.15, -0.1) is 0 Å². The van der Waals surface area contributed by atoms with E-state index in [4.69, 9.17) is 4.74 Å². The molecule has 0 atom stereocenters. The van der Waals surface area contributed by atoms with E-state index in [0.717, 1.165) is 22.5 Å². The summed E-state index contributed by atoms with van der Waals surface area (Å²) in [5.74, 6) is -2.14. The molecule has 0 aliphatic rings. The van der Waals surface area contributed by atoms with Crippen molar-refractivity contribution in [3.63, 3.8) is 0 Å². The minimum absolute atomic E-state index is 0.155. The van der Waals surface area contributed by atoms with Crippen LogP contribution in [0.25, 0.3) is 5.69 Å². The zero-order valence-electron chi connectivity index (χ0n) is 14.1. The molecule has 3 aromatic rings. The molecule has 0 spiro atoms. The molecular weight excluding hydrogens is 340 g/mol. The monoisotopic (exact) mass is 357 g/mol. The van der Waals surface area contributed by atoms with Crippen LogP contribution in [0.5, 0.6) is 5.75 Å². The van der Waals surface area contributed by atoms with Crippen molar-refractivity contribution in [1.82, 2.24) is 4.57 Å². The van der Waals surface area contributed by atoms with Gasteiger partial charge in [0.05, 0.1) is 17.9 Å². The van der Waals surface area contributed by atoms with E-state index >= 15 is 0 Å². The third-order valence-electron chi connectivity index (χ3n) is 3.97.